The molecule has 2 atom stereocenters. The minimum atomic E-state index is -1.08. The molecule has 1 aromatic rings. The van der Waals surface area contributed by atoms with Crippen molar-refractivity contribution < 1.29 is 14.7 Å². The Morgan fingerprint density at radius 2 is 2.16 bits per heavy atom. The largest absolute Gasteiger partial charge is 0.476 e. The summed E-state index contributed by atoms with van der Waals surface area (Å²) in [5.41, 5.74) is -0.0541. The summed E-state index contributed by atoms with van der Waals surface area (Å²) >= 11 is 0. The number of piperidine rings is 1. The number of hydrogen-bond donors (Lipinski definition) is 2. The van der Waals surface area contributed by atoms with Crippen molar-refractivity contribution in [3.05, 3.63) is 18.1 Å². The van der Waals surface area contributed by atoms with E-state index in [0.717, 1.165) is 13.1 Å². The van der Waals surface area contributed by atoms with Crippen LogP contribution in [0, 0.1) is 11.8 Å². The van der Waals surface area contributed by atoms with Crippen LogP contribution in [0.1, 0.15) is 16.9 Å². The highest BCUT2D eigenvalue weighted by Gasteiger charge is 2.37. The average Bonchev–Trinajstić information content (AvgIpc) is 2.81. The molecule has 0 radical (unpaired) electrons. The zero-order valence-corrected chi connectivity index (χ0v) is 10.2. The smallest absolute Gasteiger partial charge is 0.356 e. The van der Waals surface area contributed by atoms with E-state index in [0.29, 0.717) is 30.6 Å². The summed E-state index contributed by atoms with van der Waals surface area (Å²) in [6.07, 6.45) is 3.34. The number of carboxylic acids is 1. The van der Waals surface area contributed by atoms with Crippen LogP contribution in [0.5, 0.6) is 0 Å². The van der Waals surface area contributed by atoms with E-state index in [9.17, 15) is 9.59 Å². The molecular formula is C12H14N4O3. The number of anilines is 1. The van der Waals surface area contributed by atoms with Gasteiger partial charge in [-0.05, 0) is 11.8 Å². The second-order valence-electron chi connectivity index (χ2n) is 5.00. The van der Waals surface area contributed by atoms with Crippen LogP contribution in [0.15, 0.2) is 12.4 Å². The van der Waals surface area contributed by atoms with Crippen LogP contribution in [-0.2, 0) is 4.79 Å². The molecule has 0 bridgehead atoms. The Morgan fingerprint density at radius 1 is 1.37 bits per heavy atom. The van der Waals surface area contributed by atoms with Crippen LogP contribution in [0.3, 0.4) is 0 Å². The lowest BCUT2D eigenvalue weighted by molar-refractivity contribution is -0.124. The van der Waals surface area contributed by atoms with Gasteiger partial charge in [-0.3, -0.25) is 9.78 Å². The number of aromatic nitrogens is 2. The molecule has 0 unspecified atom stereocenters. The van der Waals surface area contributed by atoms with Gasteiger partial charge in [0.1, 0.15) is 5.82 Å². The number of aromatic carboxylic acids is 1. The van der Waals surface area contributed by atoms with Crippen LogP contribution >= 0.6 is 0 Å². The topological polar surface area (TPSA) is 95.4 Å². The standard InChI is InChI=1S/C12H14N4O3/c17-11-1-7-5-16(6-8(7)2-14-11)10-4-13-3-9(15-10)12(18)19/h3-4,7-8H,1-2,5-6H2,(H,14,17)(H,18,19)/t7-,8+/m1/s1. The minimum Gasteiger partial charge on any atom is -0.476 e. The molecule has 7 nitrogen and oxygen atoms in total. The molecule has 2 aliphatic heterocycles. The monoisotopic (exact) mass is 262 g/mol. The van der Waals surface area contributed by atoms with Gasteiger partial charge in [0, 0.05) is 26.1 Å². The van der Waals surface area contributed by atoms with Gasteiger partial charge in [-0.1, -0.05) is 0 Å². The van der Waals surface area contributed by atoms with Gasteiger partial charge >= 0.3 is 5.97 Å². The Balaban J connectivity index is 1.79. The van der Waals surface area contributed by atoms with Crippen molar-refractivity contribution in [1.29, 1.82) is 0 Å². The molecular weight excluding hydrogens is 248 g/mol. The molecule has 0 aliphatic carbocycles. The number of carbonyl (C=O) groups excluding carboxylic acids is 1. The first kappa shape index (κ1) is 11.9. The van der Waals surface area contributed by atoms with E-state index >= 15 is 0 Å². The molecule has 3 rings (SSSR count). The quantitative estimate of drug-likeness (QED) is 0.763. The number of amides is 1. The normalized spacial score (nSPS) is 25.9. The van der Waals surface area contributed by atoms with Gasteiger partial charge in [-0.2, -0.15) is 0 Å². The zero-order valence-electron chi connectivity index (χ0n) is 10.2. The maximum Gasteiger partial charge on any atom is 0.356 e. The molecule has 2 aliphatic rings. The van der Waals surface area contributed by atoms with Crippen molar-refractivity contribution >= 4 is 17.7 Å². The fourth-order valence-electron chi connectivity index (χ4n) is 2.75. The molecule has 0 saturated carbocycles. The number of nitrogens with one attached hydrogen (secondary N) is 1. The SMILES string of the molecule is O=C1C[C@@H]2CN(c3cncc(C(=O)O)n3)C[C@@H]2CN1. The van der Waals surface area contributed by atoms with E-state index in [1.54, 1.807) is 6.20 Å². The summed E-state index contributed by atoms with van der Waals surface area (Å²) in [5, 5.41) is 11.8. The van der Waals surface area contributed by atoms with Gasteiger partial charge in [0.05, 0.1) is 12.4 Å². The Kier molecular flexibility index (Phi) is 2.81. The summed E-state index contributed by atoms with van der Waals surface area (Å²) < 4.78 is 0. The maximum absolute atomic E-state index is 11.4. The van der Waals surface area contributed by atoms with E-state index in [1.165, 1.54) is 6.20 Å². The first-order valence-electron chi connectivity index (χ1n) is 6.20. The van der Waals surface area contributed by atoms with Crippen molar-refractivity contribution in [2.45, 2.75) is 6.42 Å². The van der Waals surface area contributed by atoms with Gasteiger partial charge < -0.3 is 15.3 Å². The van der Waals surface area contributed by atoms with Crippen molar-refractivity contribution in [2.24, 2.45) is 11.8 Å². The first-order valence-corrected chi connectivity index (χ1v) is 6.20. The number of hydrogen-bond acceptors (Lipinski definition) is 5. The molecule has 0 aromatic carbocycles. The van der Waals surface area contributed by atoms with Crippen molar-refractivity contribution in [3.8, 4) is 0 Å². The molecule has 1 amide bonds. The zero-order chi connectivity index (χ0) is 13.4. The van der Waals surface area contributed by atoms with Crippen molar-refractivity contribution in [1.82, 2.24) is 15.3 Å². The van der Waals surface area contributed by atoms with Gasteiger partial charge in [-0.25, -0.2) is 9.78 Å². The first-order chi connectivity index (χ1) is 9.13. The van der Waals surface area contributed by atoms with Crippen LogP contribution in [0.4, 0.5) is 5.82 Å². The molecule has 3 heterocycles. The average molecular weight is 262 g/mol. The molecule has 2 N–H and O–H groups in total. The van der Waals surface area contributed by atoms with Crippen molar-refractivity contribution in [3.63, 3.8) is 0 Å². The Hall–Kier alpha value is -2.18. The highest BCUT2D eigenvalue weighted by atomic mass is 16.4. The van der Waals surface area contributed by atoms with Gasteiger partial charge in [-0.15, -0.1) is 0 Å². The molecule has 2 fully saturated rings. The van der Waals surface area contributed by atoms with E-state index in [1.807, 2.05) is 4.90 Å². The lowest BCUT2D eigenvalue weighted by Gasteiger charge is -2.23. The van der Waals surface area contributed by atoms with E-state index in [4.69, 9.17) is 5.11 Å². The molecule has 1 aromatic heterocycles. The summed E-state index contributed by atoms with van der Waals surface area (Å²) in [6.45, 7) is 2.20. The Labute approximate surface area is 109 Å². The van der Waals surface area contributed by atoms with Crippen LogP contribution in [0.2, 0.25) is 0 Å². The summed E-state index contributed by atoms with van der Waals surface area (Å²) in [4.78, 5) is 32.3. The maximum atomic E-state index is 11.4. The highest BCUT2D eigenvalue weighted by molar-refractivity contribution is 5.85. The lowest BCUT2D eigenvalue weighted by Crippen LogP contribution is -2.39. The minimum absolute atomic E-state index is 0.0541. The third kappa shape index (κ3) is 2.23. The predicted octanol–water partition coefficient (Wildman–Crippen LogP) is -0.253. The fourth-order valence-corrected chi connectivity index (χ4v) is 2.75. The molecule has 2 saturated heterocycles. The lowest BCUT2D eigenvalue weighted by atomic mass is 9.89. The number of carboxylic acid groups (broad SMARTS) is 1. The van der Waals surface area contributed by atoms with Crippen LogP contribution in [-0.4, -0.2) is 46.6 Å². The van der Waals surface area contributed by atoms with Gasteiger partial charge in [0.15, 0.2) is 5.69 Å². The Bertz CT molecular complexity index is 533. The molecule has 100 valence electrons. The van der Waals surface area contributed by atoms with Crippen LogP contribution < -0.4 is 10.2 Å². The second kappa shape index (κ2) is 4.49. The summed E-state index contributed by atoms with van der Waals surface area (Å²) in [5.74, 6) is 0.315. The van der Waals surface area contributed by atoms with Gasteiger partial charge in [0.25, 0.3) is 0 Å². The Morgan fingerprint density at radius 3 is 2.95 bits per heavy atom. The number of rotatable bonds is 2. The number of carbonyl (C=O) groups is 2. The molecule has 0 spiro atoms. The van der Waals surface area contributed by atoms with E-state index < -0.39 is 5.97 Å². The molecule has 19 heavy (non-hydrogen) atoms. The van der Waals surface area contributed by atoms with E-state index in [-0.39, 0.29) is 11.6 Å². The van der Waals surface area contributed by atoms with Crippen molar-refractivity contribution in [2.75, 3.05) is 24.5 Å². The number of fused-ring (bicyclic) bond motifs is 1. The predicted molar refractivity (Wildman–Crippen MR) is 65.8 cm³/mol. The summed E-state index contributed by atoms with van der Waals surface area (Å²) in [7, 11) is 0. The summed E-state index contributed by atoms with van der Waals surface area (Å²) in [6, 6.07) is 0. The third-order valence-corrected chi connectivity index (χ3v) is 3.75. The molecule has 7 heteroatoms. The fraction of sp³-hybridized carbons (Fsp3) is 0.500. The van der Waals surface area contributed by atoms with E-state index in [2.05, 4.69) is 15.3 Å². The third-order valence-electron chi connectivity index (χ3n) is 3.75. The highest BCUT2D eigenvalue weighted by Crippen LogP contribution is 2.30. The number of nitrogens with zero attached hydrogens (tertiary/aromatic N) is 3. The second-order valence-corrected chi connectivity index (χ2v) is 5.00. The van der Waals surface area contributed by atoms with Crippen LogP contribution in [0.25, 0.3) is 0 Å². The van der Waals surface area contributed by atoms with Gasteiger partial charge in [0.2, 0.25) is 5.91 Å².